The fourth-order valence-electron chi connectivity index (χ4n) is 0.563. The third-order valence-corrected chi connectivity index (χ3v) is 1.11. The number of methoxy groups -OCH3 is 1. The van der Waals surface area contributed by atoms with Crippen molar-refractivity contribution in [2.45, 2.75) is 12.8 Å². The van der Waals surface area contributed by atoms with E-state index < -0.39 is 0 Å². The molecule has 0 aliphatic rings. The molecular weight excluding hydrogens is 146 g/mol. The van der Waals surface area contributed by atoms with Gasteiger partial charge in [-0.2, -0.15) is 0 Å². The number of carbonyl (C=O) groups excluding carboxylic acids is 2. The fourth-order valence-corrected chi connectivity index (χ4v) is 0.563. The zero-order chi connectivity index (χ0) is 8.69. The Labute approximate surface area is 65.9 Å². The highest BCUT2D eigenvalue weighted by Crippen LogP contribution is 1.88. The van der Waals surface area contributed by atoms with Crippen molar-refractivity contribution in [1.82, 2.24) is 5.32 Å². The Morgan fingerprint density at radius 1 is 1.55 bits per heavy atom. The minimum atomic E-state index is -0.324. The molecule has 0 unspecified atom stereocenters. The predicted octanol–water partition coefficient (Wildman–Crippen LogP) is -0.110. The number of nitrogens with one attached hydrogen (secondary N) is 1. The van der Waals surface area contributed by atoms with Crippen LogP contribution in [0.1, 0.15) is 12.8 Å². The van der Waals surface area contributed by atoms with Gasteiger partial charge in [0, 0.05) is 19.9 Å². The summed E-state index contributed by atoms with van der Waals surface area (Å²) in [6, 6.07) is 0. The summed E-state index contributed by atoms with van der Waals surface area (Å²) >= 11 is 0. The van der Waals surface area contributed by atoms with Gasteiger partial charge in [0.1, 0.15) is 0 Å². The van der Waals surface area contributed by atoms with Crippen LogP contribution in [0.15, 0.2) is 0 Å². The van der Waals surface area contributed by atoms with Crippen LogP contribution in [0.25, 0.3) is 0 Å². The Balaban J connectivity index is 3.14. The van der Waals surface area contributed by atoms with E-state index in [0.717, 1.165) is 0 Å². The summed E-state index contributed by atoms with van der Waals surface area (Å²) in [6.07, 6.45) is 0.921. The van der Waals surface area contributed by atoms with Crippen molar-refractivity contribution in [2.75, 3.05) is 13.7 Å². The number of esters is 1. The zero-order valence-electron chi connectivity index (χ0n) is 6.55. The first kappa shape index (κ1) is 9.94. The lowest BCUT2D eigenvalue weighted by Crippen LogP contribution is -2.21. The molecule has 1 amide bonds. The minimum absolute atomic E-state index is 0.261. The molecule has 0 saturated carbocycles. The minimum Gasteiger partial charge on any atom is -0.469 e. The third kappa shape index (κ3) is 6.83. The van der Waals surface area contributed by atoms with Crippen molar-refractivity contribution in [3.05, 3.63) is 6.92 Å². The molecule has 0 heterocycles. The zero-order valence-corrected chi connectivity index (χ0v) is 6.55. The van der Waals surface area contributed by atoms with E-state index in [1.807, 2.05) is 0 Å². The first-order valence-corrected chi connectivity index (χ1v) is 3.33. The van der Waals surface area contributed by atoms with Gasteiger partial charge < -0.3 is 10.1 Å². The number of hydrogen-bond donors (Lipinski definition) is 1. The van der Waals surface area contributed by atoms with Gasteiger partial charge in [-0.1, -0.05) is 0 Å². The van der Waals surface area contributed by atoms with Gasteiger partial charge in [-0.05, 0) is 6.42 Å². The second kappa shape index (κ2) is 5.70. The Morgan fingerprint density at radius 3 is 2.64 bits per heavy atom. The molecule has 0 aromatic carbocycles. The van der Waals surface area contributed by atoms with Crippen LogP contribution in [0.4, 0.5) is 0 Å². The first-order chi connectivity index (χ1) is 5.16. The SMILES string of the molecule is [CH2]C(=O)NCCCC(=O)OC. The molecule has 63 valence electrons. The Bertz CT molecular complexity index is 145. The highest BCUT2D eigenvalue weighted by Gasteiger charge is 1.98. The molecule has 0 spiro atoms. The molecule has 1 radical (unpaired) electrons. The molecule has 0 aliphatic heterocycles. The van der Waals surface area contributed by atoms with Crippen molar-refractivity contribution >= 4 is 11.9 Å². The molecular formula is C7H12NO3. The largest absolute Gasteiger partial charge is 0.469 e. The van der Waals surface area contributed by atoms with E-state index in [1.165, 1.54) is 7.11 Å². The van der Waals surface area contributed by atoms with Crippen molar-refractivity contribution in [3.63, 3.8) is 0 Å². The number of amides is 1. The van der Waals surface area contributed by atoms with E-state index in [2.05, 4.69) is 17.0 Å². The monoisotopic (exact) mass is 158 g/mol. The van der Waals surface area contributed by atoms with E-state index in [-0.39, 0.29) is 11.9 Å². The van der Waals surface area contributed by atoms with Gasteiger partial charge in [0.25, 0.3) is 0 Å². The van der Waals surface area contributed by atoms with Gasteiger partial charge in [-0.25, -0.2) is 0 Å². The smallest absolute Gasteiger partial charge is 0.305 e. The molecule has 0 atom stereocenters. The highest BCUT2D eigenvalue weighted by molar-refractivity contribution is 5.80. The number of ether oxygens (including phenoxy) is 1. The second-order valence-electron chi connectivity index (χ2n) is 2.03. The van der Waals surface area contributed by atoms with Gasteiger partial charge >= 0.3 is 5.97 Å². The second-order valence-corrected chi connectivity index (χ2v) is 2.03. The molecule has 4 nitrogen and oxygen atoms in total. The van der Waals surface area contributed by atoms with Gasteiger partial charge in [0.15, 0.2) is 0 Å². The number of rotatable bonds is 4. The van der Waals surface area contributed by atoms with Crippen LogP contribution in [0.5, 0.6) is 0 Å². The van der Waals surface area contributed by atoms with Gasteiger partial charge in [-0.3, -0.25) is 9.59 Å². The van der Waals surface area contributed by atoms with Crippen LogP contribution in [0.3, 0.4) is 0 Å². The summed E-state index contributed by atoms with van der Waals surface area (Å²) in [7, 11) is 1.34. The molecule has 11 heavy (non-hydrogen) atoms. The van der Waals surface area contributed by atoms with Gasteiger partial charge in [0.05, 0.1) is 7.11 Å². The molecule has 1 N–H and O–H groups in total. The molecule has 0 rings (SSSR count). The number of hydrogen-bond acceptors (Lipinski definition) is 3. The van der Waals surface area contributed by atoms with Crippen molar-refractivity contribution in [3.8, 4) is 0 Å². The molecule has 0 aromatic heterocycles. The molecule has 0 saturated heterocycles. The summed E-state index contributed by atoms with van der Waals surface area (Å²) in [6.45, 7) is 3.58. The van der Waals surface area contributed by atoms with Crippen LogP contribution in [0.2, 0.25) is 0 Å². The summed E-state index contributed by atoms with van der Waals surface area (Å²) in [5.41, 5.74) is 0. The highest BCUT2D eigenvalue weighted by atomic mass is 16.5. The Hall–Kier alpha value is -1.06. The van der Waals surface area contributed by atoms with Crippen LogP contribution in [-0.2, 0) is 14.3 Å². The standard InChI is InChI=1S/C7H12NO3/c1-6(9)8-5-3-4-7(10)11-2/h1,3-5H2,2H3,(H,8,9). The maximum absolute atomic E-state index is 10.5. The topological polar surface area (TPSA) is 55.4 Å². The van der Waals surface area contributed by atoms with Gasteiger partial charge in [0.2, 0.25) is 5.91 Å². The molecule has 0 bridgehead atoms. The lowest BCUT2D eigenvalue weighted by atomic mass is 10.3. The molecule has 0 aromatic rings. The van der Waals surface area contributed by atoms with Crippen LogP contribution in [0, 0.1) is 6.92 Å². The summed E-state index contributed by atoms with van der Waals surface area (Å²) in [4.78, 5) is 20.7. The average Bonchev–Trinajstić information content (AvgIpc) is 1.97. The Kier molecular flexibility index (Phi) is 5.15. The van der Waals surface area contributed by atoms with E-state index in [1.54, 1.807) is 0 Å². The van der Waals surface area contributed by atoms with Gasteiger partial charge in [-0.15, -0.1) is 0 Å². The fraction of sp³-hybridized carbons (Fsp3) is 0.571. The lowest BCUT2D eigenvalue weighted by molar-refractivity contribution is -0.140. The Morgan fingerprint density at radius 2 is 2.18 bits per heavy atom. The average molecular weight is 158 g/mol. The van der Waals surface area contributed by atoms with E-state index in [0.29, 0.717) is 19.4 Å². The third-order valence-electron chi connectivity index (χ3n) is 1.11. The molecule has 0 aliphatic carbocycles. The maximum atomic E-state index is 10.5. The maximum Gasteiger partial charge on any atom is 0.305 e. The molecule has 4 heteroatoms. The lowest BCUT2D eigenvalue weighted by Gasteiger charge is -1.99. The normalized spacial score (nSPS) is 8.91. The number of carbonyl (C=O) groups is 2. The summed E-state index contributed by atoms with van der Waals surface area (Å²) in [5.74, 6) is -0.585. The first-order valence-electron chi connectivity index (χ1n) is 3.33. The van der Waals surface area contributed by atoms with Crippen LogP contribution in [-0.4, -0.2) is 25.5 Å². The van der Waals surface area contributed by atoms with Crippen molar-refractivity contribution in [1.29, 1.82) is 0 Å². The molecule has 0 fully saturated rings. The van der Waals surface area contributed by atoms with E-state index >= 15 is 0 Å². The van der Waals surface area contributed by atoms with Crippen LogP contribution >= 0.6 is 0 Å². The summed E-state index contributed by atoms with van der Waals surface area (Å²) in [5, 5.41) is 2.47. The predicted molar refractivity (Wildman–Crippen MR) is 39.6 cm³/mol. The van der Waals surface area contributed by atoms with E-state index in [9.17, 15) is 9.59 Å². The van der Waals surface area contributed by atoms with Crippen molar-refractivity contribution < 1.29 is 14.3 Å². The quantitative estimate of drug-likeness (QED) is 0.458. The van der Waals surface area contributed by atoms with Crippen LogP contribution < -0.4 is 5.32 Å². The van der Waals surface area contributed by atoms with E-state index in [4.69, 9.17) is 0 Å². The van der Waals surface area contributed by atoms with Crippen molar-refractivity contribution in [2.24, 2.45) is 0 Å². The summed E-state index contributed by atoms with van der Waals surface area (Å²) < 4.78 is 4.39.